The molecular formula is C20H32ClN3O2. The monoisotopic (exact) mass is 381 g/mol. The maximum atomic E-state index is 6.34. The molecule has 2 N–H and O–H groups in total. The Morgan fingerprint density at radius 2 is 2.15 bits per heavy atom. The topological polar surface area (TPSA) is 54.9 Å². The van der Waals surface area contributed by atoms with E-state index >= 15 is 0 Å². The number of ether oxygens (including phenoxy) is 2. The van der Waals surface area contributed by atoms with Crippen LogP contribution in [0.5, 0.6) is 0 Å². The predicted molar refractivity (Wildman–Crippen MR) is 108 cm³/mol. The zero-order valence-electron chi connectivity index (χ0n) is 16.2. The number of nitrogens with zero attached hydrogens (tertiary/aromatic N) is 1. The number of halogens is 1. The van der Waals surface area contributed by atoms with Crippen LogP contribution in [0.4, 0.5) is 0 Å². The van der Waals surface area contributed by atoms with E-state index in [-0.39, 0.29) is 5.41 Å². The van der Waals surface area contributed by atoms with E-state index in [1.807, 2.05) is 18.2 Å². The molecule has 1 atom stereocenters. The molecule has 1 aromatic rings. The predicted octanol–water partition coefficient (Wildman–Crippen LogP) is 3.23. The molecule has 146 valence electrons. The van der Waals surface area contributed by atoms with Crippen LogP contribution in [-0.2, 0) is 14.9 Å². The van der Waals surface area contributed by atoms with Gasteiger partial charge >= 0.3 is 0 Å². The average Bonchev–Trinajstić information content (AvgIpc) is 3.14. The molecule has 0 radical (unpaired) electrons. The van der Waals surface area contributed by atoms with Gasteiger partial charge in [0.2, 0.25) is 0 Å². The lowest BCUT2D eigenvalue weighted by molar-refractivity contribution is 0.0888. The highest BCUT2D eigenvalue weighted by Crippen LogP contribution is 2.28. The van der Waals surface area contributed by atoms with Gasteiger partial charge in [-0.3, -0.25) is 4.99 Å². The van der Waals surface area contributed by atoms with Crippen LogP contribution in [0.15, 0.2) is 29.3 Å². The summed E-state index contributed by atoms with van der Waals surface area (Å²) >= 11 is 6.34. The summed E-state index contributed by atoms with van der Waals surface area (Å²) in [5.74, 6) is 1.37. The van der Waals surface area contributed by atoms with E-state index < -0.39 is 0 Å². The van der Waals surface area contributed by atoms with Crippen molar-refractivity contribution in [2.24, 2.45) is 10.9 Å². The third kappa shape index (κ3) is 6.78. The van der Waals surface area contributed by atoms with Gasteiger partial charge in [-0.15, -0.1) is 0 Å². The number of guanidine groups is 1. The maximum Gasteiger partial charge on any atom is 0.191 e. The molecule has 26 heavy (non-hydrogen) atoms. The van der Waals surface area contributed by atoms with Crippen molar-refractivity contribution in [3.05, 3.63) is 34.9 Å². The van der Waals surface area contributed by atoms with Gasteiger partial charge in [-0.2, -0.15) is 0 Å². The van der Waals surface area contributed by atoms with Gasteiger partial charge < -0.3 is 20.1 Å². The Labute approximate surface area is 162 Å². The van der Waals surface area contributed by atoms with Gasteiger partial charge in [-0.25, -0.2) is 0 Å². The molecular weight excluding hydrogens is 350 g/mol. The smallest absolute Gasteiger partial charge is 0.191 e. The van der Waals surface area contributed by atoms with Gasteiger partial charge in [0.15, 0.2) is 5.96 Å². The Kier molecular flexibility index (Phi) is 8.69. The van der Waals surface area contributed by atoms with Crippen LogP contribution >= 0.6 is 11.6 Å². The largest absolute Gasteiger partial charge is 0.381 e. The van der Waals surface area contributed by atoms with E-state index in [9.17, 15) is 0 Å². The first kappa shape index (κ1) is 21.0. The molecule has 1 unspecified atom stereocenters. The Bertz CT molecular complexity index is 572. The van der Waals surface area contributed by atoms with Gasteiger partial charge in [-0.05, 0) is 24.5 Å². The van der Waals surface area contributed by atoms with Crippen molar-refractivity contribution >= 4 is 17.6 Å². The van der Waals surface area contributed by atoms with Gasteiger partial charge in [0, 0.05) is 49.7 Å². The number of hydrogen-bond donors (Lipinski definition) is 2. The van der Waals surface area contributed by atoms with Gasteiger partial charge in [0.05, 0.1) is 13.2 Å². The minimum absolute atomic E-state index is 0.0948. The van der Waals surface area contributed by atoms with E-state index in [4.69, 9.17) is 21.1 Å². The number of nitrogens with one attached hydrogen (secondary N) is 2. The summed E-state index contributed by atoms with van der Waals surface area (Å²) in [4.78, 5) is 4.29. The Morgan fingerprint density at radius 1 is 1.35 bits per heavy atom. The molecule has 1 aromatic carbocycles. The first-order valence-corrected chi connectivity index (χ1v) is 9.76. The molecule has 1 fully saturated rings. The summed E-state index contributed by atoms with van der Waals surface area (Å²) < 4.78 is 11.1. The fourth-order valence-corrected chi connectivity index (χ4v) is 3.37. The van der Waals surface area contributed by atoms with Crippen LogP contribution < -0.4 is 10.6 Å². The molecule has 6 heteroatoms. The van der Waals surface area contributed by atoms with E-state index in [1.54, 1.807) is 7.05 Å². The fourth-order valence-electron chi connectivity index (χ4n) is 2.98. The van der Waals surface area contributed by atoms with Crippen LogP contribution in [-0.4, -0.2) is 52.5 Å². The summed E-state index contributed by atoms with van der Waals surface area (Å²) in [6, 6.07) is 7.99. The molecule has 5 nitrogen and oxygen atoms in total. The molecule has 2 rings (SSSR count). The molecule has 0 aliphatic carbocycles. The third-order valence-corrected chi connectivity index (χ3v) is 4.99. The lowest BCUT2D eigenvalue weighted by atomic mass is 9.84. The summed E-state index contributed by atoms with van der Waals surface area (Å²) in [5, 5.41) is 7.53. The quantitative estimate of drug-likeness (QED) is 0.392. The third-order valence-electron chi connectivity index (χ3n) is 4.66. The van der Waals surface area contributed by atoms with Crippen LogP contribution in [0.2, 0.25) is 5.02 Å². The van der Waals surface area contributed by atoms with E-state index in [1.165, 1.54) is 0 Å². The molecule has 0 saturated carbocycles. The second-order valence-electron chi connectivity index (χ2n) is 7.37. The molecule has 0 amide bonds. The highest BCUT2D eigenvalue weighted by atomic mass is 35.5. The molecule has 1 aliphatic rings. The molecule has 1 saturated heterocycles. The number of hydrogen-bond acceptors (Lipinski definition) is 3. The van der Waals surface area contributed by atoms with Crippen LogP contribution in [0.25, 0.3) is 0 Å². The fraction of sp³-hybridized carbons (Fsp3) is 0.650. The van der Waals surface area contributed by atoms with Crippen molar-refractivity contribution in [1.29, 1.82) is 0 Å². The maximum absolute atomic E-state index is 6.34. The average molecular weight is 382 g/mol. The van der Waals surface area contributed by atoms with Crippen molar-refractivity contribution in [2.75, 3.05) is 46.6 Å². The van der Waals surface area contributed by atoms with Gasteiger partial charge in [0.25, 0.3) is 0 Å². The van der Waals surface area contributed by atoms with Crippen molar-refractivity contribution in [3.63, 3.8) is 0 Å². The highest BCUT2D eigenvalue weighted by Gasteiger charge is 2.23. The van der Waals surface area contributed by atoms with Gasteiger partial charge in [-0.1, -0.05) is 43.6 Å². The summed E-state index contributed by atoms with van der Waals surface area (Å²) in [6.45, 7) is 9.20. The zero-order valence-corrected chi connectivity index (χ0v) is 16.9. The summed E-state index contributed by atoms with van der Waals surface area (Å²) in [6.07, 6.45) is 2.07. The first-order valence-electron chi connectivity index (χ1n) is 9.38. The van der Waals surface area contributed by atoms with Crippen molar-refractivity contribution in [2.45, 2.75) is 32.1 Å². The lowest BCUT2D eigenvalue weighted by Gasteiger charge is -2.27. The Morgan fingerprint density at radius 3 is 2.85 bits per heavy atom. The second kappa shape index (κ2) is 10.8. The lowest BCUT2D eigenvalue weighted by Crippen LogP contribution is -2.44. The minimum atomic E-state index is -0.0948. The SMILES string of the molecule is CN=C(NCCCOCC1CCOC1)NCC(C)(C)c1ccccc1Cl. The normalized spacial score (nSPS) is 18.2. The number of benzene rings is 1. The van der Waals surface area contributed by atoms with E-state index in [2.05, 4.69) is 35.5 Å². The molecule has 0 bridgehead atoms. The van der Waals surface area contributed by atoms with E-state index in [0.717, 1.165) is 68.9 Å². The van der Waals surface area contributed by atoms with Crippen LogP contribution in [0.1, 0.15) is 32.3 Å². The number of rotatable bonds is 9. The summed E-state index contributed by atoms with van der Waals surface area (Å²) in [7, 11) is 1.79. The van der Waals surface area contributed by atoms with Crippen LogP contribution in [0.3, 0.4) is 0 Å². The summed E-state index contributed by atoms with van der Waals surface area (Å²) in [5.41, 5.74) is 1.04. The molecule has 1 heterocycles. The first-order chi connectivity index (χ1) is 12.5. The Balaban J connectivity index is 1.65. The zero-order chi connectivity index (χ0) is 18.8. The van der Waals surface area contributed by atoms with Crippen molar-refractivity contribution in [3.8, 4) is 0 Å². The van der Waals surface area contributed by atoms with E-state index in [0.29, 0.717) is 5.92 Å². The molecule has 1 aliphatic heterocycles. The second-order valence-corrected chi connectivity index (χ2v) is 7.78. The minimum Gasteiger partial charge on any atom is -0.381 e. The Hall–Kier alpha value is -1.30. The highest BCUT2D eigenvalue weighted by molar-refractivity contribution is 6.31. The number of aliphatic imine (C=N–C) groups is 1. The van der Waals surface area contributed by atoms with Crippen LogP contribution in [0, 0.1) is 5.92 Å². The van der Waals surface area contributed by atoms with Crippen molar-refractivity contribution in [1.82, 2.24) is 10.6 Å². The molecule has 0 spiro atoms. The molecule has 0 aromatic heterocycles. The van der Waals surface area contributed by atoms with Crippen molar-refractivity contribution < 1.29 is 9.47 Å². The standard InChI is InChI=1S/C20H32ClN3O2/c1-20(2,17-7-4-5-8-18(17)21)15-24-19(22-3)23-10-6-11-25-13-16-9-12-26-14-16/h4-5,7-8,16H,6,9-15H2,1-3H3,(H2,22,23,24). The van der Waals surface area contributed by atoms with Gasteiger partial charge in [0.1, 0.15) is 0 Å².